The highest BCUT2D eigenvalue weighted by atomic mass is 16.5. The van der Waals surface area contributed by atoms with E-state index in [0.29, 0.717) is 24.7 Å². The van der Waals surface area contributed by atoms with Gasteiger partial charge in [0.2, 0.25) is 11.7 Å². The molecule has 28 heavy (non-hydrogen) atoms. The van der Waals surface area contributed by atoms with E-state index in [9.17, 15) is 4.79 Å². The SMILES string of the molecule is Cc1cccc(C)c1NC(=O)C[NH+](C)CCCc1nc(-c2ccccc2)no1. The predicted octanol–water partition coefficient (Wildman–Crippen LogP) is 2.44. The van der Waals surface area contributed by atoms with Crippen molar-refractivity contribution in [1.29, 1.82) is 0 Å². The minimum Gasteiger partial charge on any atom is -0.339 e. The number of para-hydroxylation sites is 1. The van der Waals surface area contributed by atoms with E-state index in [4.69, 9.17) is 4.52 Å². The summed E-state index contributed by atoms with van der Waals surface area (Å²) in [6.07, 6.45) is 1.58. The molecule has 0 bridgehead atoms. The van der Waals surface area contributed by atoms with Gasteiger partial charge >= 0.3 is 0 Å². The molecule has 0 aliphatic carbocycles. The normalized spacial score (nSPS) is 12.0. The standard InChI is InChI=1S/C22H26N4O2/c1-16-9-7-10-17(2)21(16)23-19(27)15-26(3)14-8-13-20-24-22(25-28-20)18-11-5-4-6-12-18/h4-7,9-12H,8,13-15H2,1-3H3,(H,23,27)/p+1. The quantitative estimate of drug-likeness (QED) is 0.631. The summed E-state index contributed by atoms with van der Waals surface area (Å²) >= 11 is 0. The number of hydrogen-bond donors (Lipinski definition) is 2. The molecule has 1 unspecified atom stereocenters. The zero-order valence-electron chi connectivity index (χ0n) is 16.7. The molecular weight excluding hydrogens is 352 g/mol. The van der Waals surface area contributed by atoms with Gasteiger partial charge in [0.15, 0.2) is 6.54 Å². The van der Waals surface area contributed by atoms with E-state index in [2.05, 4.69) is 15.5 Å². The molecule has 0 spiro atoms. The summed E-state index contributed by atoms with van der Waals surface area (Å²) < 4.78 is 5.34. The number of rotatable bonds is 8. The van der Waals surface area contributed by atoms with Crippen LogP contribution in [-0.4, -0.2) is 36.2 Å². The number of carbonyl (C=O) groups is 1. The Bertz CT molecular complexity index is 901. The van der Waals surface area contributed by atoms with Crippen LogP contribution in [0.25, 0.3) is 11.4 Å². The lowest BCUT2D eigenvalue weighted by molar-refractivity contribution is -0.871. The number of aryl methyl sites for hydroxylation is 3. The second-order valence-corrected chi connectivity index (χ2v) is 7.18. The minimum absolute atomic E-state index is 0.0269. The lowest BCUT2D eigenvalue weighted by Gasteiger charge is -2.15. The fourth-order valence-electron chi connectivity index (χ4n) is 3.16. The molecule has 0 saturated heterocycles. The van der Waals surface area contributed by atoms with Gasteiger partial charge in [0.05, 0.1) is 13.6 Å². The maximum absolute atomic E-state index is 12.3. The highest BCUT2D eigenvalue weighted by Crippen LogP contribution is 2.19. The third-order valence-electron chi connectivity index (χ3n) is 4.70. The molecule has 146 valence electrons. The first-order valence-corrected chi connectivity index (χ1v) is 9.58. The number of anilines is 1. The molecule has 1 atom stereocenters. The number of aromatic nitrogens is 2. The van der Waals surface area contributed by atoms with E-state index in [0.717, 1.165) is 40.2 Å². The van der Waals surface area contributed by atoms with Crippen molar-refractivity contribution in [3.05, 3.63) is 65.5 Å². The van der Waals surface area contributed by atoms with Gasteiger partial charge in [-0.1, -0.05) is 53.7 Å². The van der Waals surface area contributed by atoms with Gasteiger partial charge in [-0.2, -0.15) is 4.98 Å². The van der Waals surface area contributed by atoms with Crippen molar-refractivity contribution in [3.63, 3.8) is 0 Å². The van der Waals surface area contributed by atoms with E-state index in [1.165, 1.54) is 0 Å². The van der Waals surface area contributed by atoms with Gasteiger partial charge in [-0.05, 0) is 25.0 Å². The third kappa shape index (κ3) is 5.27. The first-order valence-electron chi connectivity index (χ1n) is 9.58. The Hall–Kier alpha value is -2.99. The first kappa shape index (κ1) is 19.8. The van der Waals surface area contributed by atoms with Gasteiger partial charge in [0, 0.05) is 24.1 Å². The average molecular weight is 379 g/mol. The number of nitrogens with one attached hydrogen (secondary N) is 2. The van der Waals surface area contributed by atoms with Crippen LogP contribution in [-0.2, 0) is 11.2 Å². The number of benzene rings is 2. The molecule has 0 radical (unpaired) electrons. The molecule has 0 aliphatic heterocycles. The van der Waals surface area contributed by atoms with E-state index in [-0.39, 0.29) is 5.91 Å². The van der Waals surface area contributed by atoms with E-state index < -0.39 is 0 Å². The Morgan fingerprint density at radius 1 is 1.07 bits per heavy atom. The summed E-state index contributed by atoms with van der Waals surface area (Å²) in [5, 5.41) is 7.08. The zero-order chi connectivity index (χ0) is 19.9. The second-order valence-electron chi connectivity index (χ2n) is 7.18. The van der Waals surface area contributed by atoms with E-state index >= 15 is 0 Å². The molecule has 1 heterocycles. The topological polar surface area (TPSA) is 72.5 Å². The van der Waals surface area contributed by atoms with Crippen molar-refractivity contribution < 1.29 is 14.2 Å². The van der Waals surface area contributed by atoms with Crippen LogP contribution in [0.3, 0.4) is 0 Å². The largest absolute Gasteiger partial charge is 0.339 e. The zero-order valence-corrected chi connectivity index (χ0v) is 16.7. The molecule has 0 aliphatic rings. The average Bonchev–Trinajstić information content (AvgIpc) is 3.14. The Balaban J connectivity index is 1.44. The summed E-state index contributed by atoms with van der Waals surface area (Å²) in [4.78, 5) is 17.9. The molecule has 6 nitrogen and oxygen atoms in total. The van der Waals surface area contributed by atoms with Crippen LogP contribution in [0.1, 0.15) is 23.4 Å². The van der Waals surface area contributed by atoms with Gasteiger partial charge in [0.25, 0.3) is 5.91 Å². The van der Waals surface area contributed by atoms with Crippen LogP contribution in [0.4, 0.5) is 5.69 Å². The predicted molar refractivity (Wildman–Crippen MR) is 109 cm³/mol. The van der Waals surface area contributed by atoms with Gasteiger partial charge < -0.3 is 14.7 Å². The van der Waals surface area contributed by atoms with Crippen molar-refractivity contribution in [3.8, 4) is 11.4 Å². The summed E-state index contributed by atoms with van der Waals surface area (Å²) in [6.45, 7) is 5.29. The summed E-state index contributed by atoms with van der Waals surface area (Å²) in [6, 6.07) is 15.8. The molecule has 6 heteroatoms. The van der Waals surface area contributed by atoms with Gasteiger partial charge in [0.1, 0.15) is 0 Å². The number of nitrogens with zero attached hydrogens (tertiary/aromatic N) is 2. The molecule has 1 aromatic heterocycles. The lowest BCUT2D eigenvalue weighted by atomic mass is 10.1. The number of quaternary nitrogens is 1. The van der Waals surface area contributed by atoms with E-state index in [1.807, 2.05) is 69.4 Å². The van der Waals surface area contributed by atoms with Crippen LogP contribution in [0.2, 0.25) is 0 Å². The van der Waals surface area contributed by atoms with Gasteiger partial charge in [-0.25, -0.2) is 0 Å². The smallest absolute Gasteiger partial charge is 0.279 e. The highest BCUT2D eigenvalue weighted by Gasteiger charge is 2.14. The van der Waals surface area contributed by atoms with Gasteiger partial charge in [-0.3, -0.25) is 4.79 Å². The van der Waals surface area contributed by atoms with E-state index in [1.54, 1.807) is 0 Å². The fraction of sp³-hybridized carbons (Fsp3) is 0.318. The maximum Gasteiger partial charge on any atom is 0.279 e. The summed E-state index contributed by atoms with van der Waals surface area (Å²) in [7, 11) is 2.02. The van der Waals surface area contributed by atoms with Gasteiger partial charge in [-0.15, -0.1) is 0 Å². The lowest BCUT2D eigenvalue weighted by Crippen LogP contribution is -3.10. The molecule has 0 saturated carbocycles. The number of hydrogen-bond acceptors (Lipinski definition) is 4. The highest BCUT2D eigenvalue weighted by molar-refractivity contribution is 5.93. The van der Waals surface area contributed by atoms with Crippen LogP contribution in [0, 0.1) is 13.8 Å². The van der Waals surface area contributed by atoms with Crippen LogP contribution >= 0.6 is 0 Å². The molecule has 3 aromatic rings. The Morgan fingerprint density at radius 3 is 2.50 bits per heavy atom. The van der Waals surface area contributed by atoms with Crippen LogP contribution in [0.15, 0.2) is 53.1 Å². The van der Waals surface area contributed by atoms with Crippen molar-refractivity contribution in [2.75, 3.05) is 25.5 Å². The van der Waals surface area contributed by atoms with Crippen LogP contribution < -0.4 is 10.2 Å². The molecule has 3 rings (SSSR count). The molecule has 2 aromatic carbocycles. The van der Waals surface area contributed by atoms with Crippen molar-refractivity contribution in [1.82, 2.24) is 10.1 Å². The first-order chi connectivity index (χ1) is 13.5. The summed E-state index contributed by atoms with van der Waals surface area (Å²) in [5.41, 5.74) is 4.02. The fourth-order valence-corrected chi connectivity index (χ4v) is 3.16. The number of carbonyl (C=O) groups excluding carboxylic acids is 1. The third-order valence-corrected chi connectivity index (χ3v) is 4.70. The molecule has 2 N–H and O–H groups in total. The Morgan fingerprint density at radius 2 is 1.79 bits per heavy atom. The van der Waals surface area contributed by atoms with Crippen molar-refractivity contribution in [2.24, 2.45) is 0 Å². The monoisotopic (exact) mass is 379 g/mol. The second kappa shape index (κ2) is 9.28. The maximum atomic E-state index is 12.3. The van der Waals surface area contributed by atoms with Crippen LogP contribution in [0.5, 0.6) is 0 Å². The Kier molecular flexibility index (Phi) is 6.55. The number of amides is 1. The molecular formula is C22H27N4O2+. The molecule has 0 fully saturated rings. The van der Waals surface area contributed by atoms with Crippen molar-refractivity contribution in [2.45, 2.75) is 26.7 Å². The van der Waals surface area contributed by atoms with Crippen molar-refractivity contribution >= 4 is 11.6 Å². The Labute approximate surface area is 165 Å². The minimum atomic E-state index is 0.0269. The molecule has 1 amide bonds. The summed E-state index contributed by atoms with van der Waals surface area (Å²) in [5.74, 6) is 1.27. The number of likely N-dealkylation sites (N-methyl/N-ethyl adjacent to an activating group) is 1.